The number of aryl methyl sites for hydroxylation is 1. The lowest BCUT2D eigenvalue weighted by Gasteiger charge is -2.10. The fourth-order valence-electron chi connectivity index (χ4n) is 1.28. The molecular formula is C11H15FOS. The third-order valence-electron chi connectivity index (χ3n) is 1.93. The van der Waals surface area contributed by atoms with Gasteiger partial charge in [-0.1, -0.05) is 13.0 Å². The molecule has 14 heavy (non-hydrogen) atoms. The Morgan fingerprint density at radius 1 is 1.43 bits per heavy atom. The van der Waals surface area contributed by atoms with Gasteiger partial charge in [0.1, 0.15) is 5.82 Å². The second kappa shape index (κ2) is 5.37. The predicted octanol–water partition coefficient (Wildman–Crippen LogP) is 2.92. The average molecular weight is 214 g/mol. The number of hydrogen-bond donors (Lipinski definition) is 1. The summed E-state index contributed by atoms with van der Waals surface area (Å²) in [6, 6.07) is 4.68. The molecule has 1 N–H and O–H groups in total. The molecule has 1 unspecified atom stereocenters. The first-order valence-electron chi connectivity index (χ1n) is 4.66. The van der Waals surface area contributed by atoms with E-state index in [0.29, 0.717) is 11.3 Å². The molecule has 0 bridgehead atoms. The molecule has 1 aromatic carbocycles. The van der Waals surface area contributed by atoms with Crippen LogP contribution in [0.1, 0.15) is 24.2 Å². The van der Waals surface area contributed by atoms with Gasteiger partial charge in [-0.3, -0.25) is 0 Å². The van der Waals surface area contributed by atoms with Crippen LogP contribution in [0.5, 0.6) is 0 Å². The van der Waals surface area contributed by atoms with Crippen LogP contribution in [0.25, 0.3) is 0 Å². The van der Waals surface area contributed by atoms with Crippen LogP contribution >= 0.6 is 11.8 Å². The van der Waals surface area contributed by atoms with Crippen LogP contribution < -0.4 is 0 Å². The fraction of sp³-hybridized carbons (Fsp3) is 0.455. The number of aliphatic hydroxyl groups excluding tert-OH is 1. The minimum Gasteiger partial charge on any atom is -0.388 e. The molecule has 0 saturated carbocycles. The molecule has 0 heterocycles. The van der Waals surface area contributed by atoms with Gasteiger partial charge in [-0.25, -0.2) is 4.39 Å². The molecule has 0 saturated heterocycles. The Bertz CT molecular complexity index is 281. The largest absolute Gasteiger partial charge is 0.388 e. The van der Waals surface area contributed by atoms with Crippen molar-refractivity contribution < 1.29 is 9.50 Å². The van der Waals surface area contributed by atoms with E-state index < -0.39 is 6.10 Å². The van der Waals surface area contributed by atoms with Crippen molar-refractivity contribution in [3.05, 3.63) is 35.1 Å². The molecule has 0 aliphatic carbocycles. The van der Waals surface area contributed by atoms with Crippen LogP contribution in [-0.2, 0) is 0 Å². The average Bonchev–Trinajstić information content (AvgIpc) is 2.12. The topological polar surface area (TPSA) is 20.2 Å². The molecular weight excluding hydrogens is 199 g/mol. The van der Waals surface area contributed by atoms with Crippen LogP contribution in [-0.4, -0.2) is 16.6 Å². The number of aliphatic hydroxyl groups is 1. The molecule has 3 heteroatoms. The Labute approximate surface area is 88.3 Å². The van der Waals surface area contributed by atoms with Gasteiger partial charge >= 0.3 is 0 Å². The second-order valence-electron chi connectivity index (χ2n) is 3.24. The monoisotopic (exact) mass is 214 g/mol. The summed E-state index contributed by atoms with van der Waals surface area (Å²) in [5, 5.41) is 9.71. The van der Waals surface area contributed by atoms with Gasteiger partial charge in [0, 0.05) is 5.75 Å². The van der Waals surface area contributed by atoms with Crippen molar-refractivity contribution >= 4 is 11.8 Å². The summed E-state index contributed by atoms with van der Waals surface area (Å²) in [5.41, 5.74) is 1.52. The molecule has 0 aromatic heterocycles. The van der Waals surface area contributed by atoms with Gasteiger partial charge < -0.3 is 5.11 Å². The quantitative estimate of drug-likeness (QED) is 0.831. The Hall–Kier alpha value is -0.540. The van der Waals surface area contributed by atoms with E-state index in [0.717, 1.165) is 11.3 Å². The summed E-state index contributed by atoms with van der Waals surface area (Å²) >= 11 is 1.65. The molecule has 78 valence electrons. The molecule has 1 aromatic rings. The first-order valence-corrected chi connectivity index (χ1v) is 5.82. The van der Waals surface area contributed by atoms with Crippen LogP contribution in [0.4, 0.5) is 4.39 Å². The van der Waals surface area contributed by atoms with E-state index in [1.54, 1.807) is 11.8 Å². The van der Waals surface area contributed by atoms with Crippen LogP contribution in [0.3, 0.4) is 0 Å². The Kier molecular flexibility index (Phi) is 4.42. The zero-order valence-electron chi connectivity index (χ0n) is 8.46. The Morgan fingerprint density at radius 3 is 2.71 bits per heavy atom. The number of thioether (sulfide) groups is 1. The third-order valence-corrected chi connectivity index (χ3v) is 2.89. The van der Waals surface area contributed by atoms with E-state index in [1.807, 2.05) is 19.9 Å². The minimum atomic E-state index is -0.561. The van der Waals surface area contributed by atoms with E-state index in [4.69, 9.17) is 0 Å². The molecule has 0 aliphatic heterocycles. The summed E-state index contributed by atoms with van der Waals surface area (Å²) in [4.78, 5) is 0. The molecule has 1 nitrogen and oxygen atoms in total. The Morgan fingerprint density at radius 2 is 2.14 bits per heavy atom. The zero-order valence-corrected chi connectivity index (χ0v) is 9.27. The molecule has 0 radical (unpaired) electrons. The highest BCUT2D eigenvalue weighted by atomic mass is 32.2. The third kappa shape index (κ3) is 3.31. The van der Waals surface area contributed by atoms with Crippen LogP contribution in [0, 0.1) is 12.7 Å². The lowest BCUT2D eigenvalue weighted by atomic mass is 10.1. The van der Waals surface area contributed by atoms with Crippen molar-refractivity contribution in [2.24, 2.45) is 0 Å². The highest BCUT2D eigenvalue weighted by molar-refractivity contribution is 7.99. The standard InChI is InChI=1S/C11H15FOS/c1-3-14-7-11(13)9-4-8(2)5-10(12)6-9/h4-6,11,13H,3,7H2,1-2H3. The maximum absolute atomic E-state index is 13.0. The summed E-state index contributed by atoms with van der Waals surface area (Å²) in [6.45, 7) is 3.86. The molecule has 0 amide bonds. The first-order chi connectivity index (χ1) is 6.63. The van der Waals surface area contributed by atoms with Crippen molar-refractivity contribution in [2.45, 2.75) is 20.0 Å². The van der Waals surface area contributed by atoms with Gasteiger partial charge in [0.2, 0.25) is 0 Å². The van der Waals surface area contributed by atoms with Crippen molar-refractivity contribution in [2.75, 3.05) is 11.5 Å². The molecule has 1 atom stereocenters. The summed E-state index contributed by atoms with van der Waals surface area (Å²) in [6.07, 6.45) is -0.561. The first kappa shape index (κ1) is 11.5. The van der Waals surface area contributed by atoms with Gasteiger partial charge in [-0.2, -0.15) is 11.8 Å². The molecule has 0 fully saturated rings. The van der Waals surface area contributed by atoms with Crippen LogP contribution in [0.2, 0.25) is 0 Å². The smallest absolute Gasteiger partial charge is 0.123 e. The van der Waals surface area contributed by atoms with E-state index in [-0.39, 0.29) is 5.82 Å². The van der Waals surface area contributed by atoms with Gasteiger partial charge in [-0.15, -0.1) is 0 Å². The molecule has 0 spiro atoms. The Balaban J connectivity index is 2.73. The highest BCUT2D eigenvalue weighted by Crippen LogP contribution is 2.20. The zero-order chi connectivity index (χ0) is 10.6. The second-order valence-corrected chi connectivity index (χ2v) is 4.56. The van der Waals surface area contributed by atoms with Gasteiger partial charge in [0.15, 0.2) is 0 Å². The van der Waals surface area contributed by atoms with Gasteiger partial charge in [0.05, 0.1) is 6.10 Å². The normalized spacial score (nSPS) is 12.9. The number of halogens is 1. The predicted molar refractivity (Wildman–Crippen MR) is 59.1 cm³/mol. The number of hydrogen-bond acceptors (Lipinski definition) is 2. The van der Waals surface area contributed by atoms with E-state index >= 15 is 0 Å². The minimum absolute atomic E-state index is 0.277. The fourth-order valence-corrected chi connectivity index (χ4v) is 1.93. The van der Waals surface area contributed by atoms with Crippen LogP contribution in [0.15, 0.2) is 18.2 Å². The maximum Gasteiger partial charge on any atom is 0.123 e. The van der Waals surface area contributed by atoms with Gasteiger partial charge in [-0.05, 0) is 35.9 Å². The molecule has 0 aliphatic rings. The summed E-state index contributed by atoms with van der Waals surface area (Å²) in [7, 11) is 0. The van der Waals surface area contributed by atoms with Crippen molar-refractivity contribution in [3.8, 4) is 0 Å². The lowest BCUT2D eigenvalue weighted by Crippen LogP contribution is -2.01. The van der Waals surface area contributed by atoms with E-state index in [9.17, 15) is 9.50 Å². The van der Waals surface area contributed by atoms with E-state index in [2.05, 4.69) is 0 Å². The lowest BCUT2D eigenvalue weighted by molar-refractivity contribution is 0.203. The maximum atomic E-state index is 13.0. The SMILES string of the molecule is CCSCC(O)c1cc(C)cc(F)c1. The number of benzene rings is 1. The summed E-state index contributed by atoms with van der Waals surface area (Å²) in [5.74, 6) is 1.31. The van der Waals surface area contributed by atoms with Crippen molar-refractivity contribution in [1.29, 1.82) is 0 Å². The van der Waals surface area contributed by atoms with Crippen molar-refractivity contribution in [3.63, 3.8) is 0 Å². The van der Waals surface area contributed by atoms with Gasteiger partial charge in [0.25, 0.3) is 0 Å². The van der Waals surface area contributed by atoms with Crippen molar-refractivity contribution in [1.82, 2.24) is 0 Å². The molecule has 1 rings (SSSR count). The highest BCUT2D eigenvalue weighted by Gasteiger charge is 2.08. The number of rotatable bonds is 4. The summed E-state index contributed by atoms with van der Waals surface area (Å²) < 4.78 is 13.0. The van der Waals surface area contributed by atoms with E-state index in [1.165, 1.54) is 12.1 Å².